The van der Waals surface area contributed by atoms with Gasteiger partial charge < -0.3 is 5.32 Å². The van der Waals surface area contributed by atoms with Gasteiger partial charge in [-0.15, -0.1) is 0 Å². The highest BCUT2D eigenvalue weighted by molar-refractivity contribution is 6.31. The number of nitrogens with zero attached hydrogens (tertiary/aromatic N) is 1. The summed E-state index contributed by atoms with van der Waals surface area (Å²) in [5, 5.41) is 14.3. The first-order valence-corrected chi connectivity index (χ1v) is 7.63. The fraction of sp³-hybridized carbons (Fsp3) is 0.533. The molecule has 2 atom stereocenters. The zero-order valence-corrected chi connectivity index (χ0v) is 12.7. The van der Waals surface area contributed by atoms with Gasteiger partial charge in [0.15, 0.2) is 0 Å². The van der Waals surface area contributed by atoms with E-state index in [1.807, 2.05) is 0 Å². The molecule has 5 nitrogen and oxygen atoms in total. The van der Waals surface area contributed by atoms with E-state index in [-0.39, 0.29) is 17.3 Å². The molecular weight excluding hydrogens is 292 g/mol. The lowest BCUT2D eigenvalue weighted by atomic mass is 9.84. The third-order valence-electron chi connectivity index (χ3n) is 4.10. The van der Waals surface area contributed by atoms with Gasteiger partial charge in [-0.05, 0) is 30.9 Å². The van der Waals surface area contributed by atoms with Crippen molar-refractivity contribution in [2.75, 3.05) is 0 Å². The van der Waals surface area contributed by atoms with Crippen LogP contribution >= 0.6 is 11.6 Å². The molecule has 1 amide bonds. The predicted octanol–water partition coefficient (Wildman–Crippen LogP) is 3.95. The zero-order chi connectivity index (χ0) is 15.4. The third kappa shape index (κ3) is 3.94. The molecule has 0 aliphatic heterocycles. The van der Waals surface area contributed by atoms with Crippen LogP contribution in [0.4, 0.5) is 5.69 Å². The molecule has 1 aromatic rings. The van der Waals surface area contributed by atoms with Crippen LogP contribution in [-0.2, 0) is 0 Å². The number of carbonyl (C=O) groups is 1. The lowest BCUT2D eigenvalue weighted by Gasteiger charge is -2.29. The van der Waals surface area contributed by atoms with Crippen LogP contribution in [0.1, 0.15) is 49.4 Å². The summed E-state index contributed by atoms with van der Waals surface area (Å²) in [6.45, 7) is 2.15. The van der Waals surface area contributed by atoms with Crippen molar-refractivity contribution < 1.29 is 9.72 Å². The number of hydrogen-bond acceptors (Lipinski definition) is 3. The van der Waals surface area contributed by atoms with Crippen molar-refractivity contribution in [3.63, 3.8) is 0 Å². The summed E-state index contributed by atoms with van der Waals surface area (Å²) < 4.78 is 0. The standard InChI is InChI=1S/C15H19ClN2O3/c1-2-10-4-3-5-12(8-10)17-15(19)13-9-11(16)6-7-14(13)18(20)21/h6-7,9-10,12H,2-5,8H2,1H3,(H,17,19). The molecule has 0 bridgehead atoms. The van der Waals surface area contributed by atoms with E-state index in [4.69, 9.17) is 11.6 Å². The summed E-state index contributed by atoms with van der Waals surface area (Å²) in [5.74, 6) is 0.212. The average Bonchev–Trinajstić information content (AvgIpc) is 2.47. The third-order valence-corrected chi connectivity index (χ3v) is 4.33. The smallest absolute Gasteiger partial charge is 0.282 e. The van der Waals surface area contributed by atoms with Crippen LogP contribution in [0.3, 0.4) is 0 Å². The van der Waals surface area contributed by atoms with E-state index in [9.17, 15) is 14.9 Å². The molecule has 0 radical (unpaired) electrons. The molecule has 6 heteroatoms. The van der Waals surface area contributed by atoms with Crippen LogP contribution in [0.5, 0.6) is 0 Å². The van der Waals surface area contributed by atoms with Crippen LogP contribution < -0.4 is 5.32 Å². The minimum atomic E-state index is -0.555. The predicted molar refractivity (Wildman–Crippen MR) is 81.6 cm³/mol. The summed E-state index contributed by atoms with van der Waals surface area (Å²) in [5.41, 5.74) is -0.175. The Bertz CT molecular complexity index is 548. The quantitative estimate of drug-likeness (QED) is 0.676. The molecular formula is C15H19ClN2O3. The minimum absolute atomic E-state index is 0.0334. The molecule has 0 saturated heterocycles. The molecule has 2 unspecified atom stereocenters. The lowest BCUT2D eigenvalue weighted by Crippen LogP contribution is -2.38. The van der Waals surface area contributed by atoms with Gasteiger partial charge in [0.05, 0.1) is 4.92 Å². The molecule has 21 heavy (non-hydrogen) atoms. The summed E-state index contributed by atoms with van der Waals surface area (Å²) in [7, 11) is 0. The zero-order valence-electron chi connectivity index (χ0n) is 12.0. The van der Waals surface area contributed by atoms with Crippen molar-refractivity contribution in [3.05, 3.63) is 38.9 Å². The Morgan fingerprint density at radius 2 is 2.24 bits per heavy atom. The molecule has 1 N–H and O–H groups in total. The van der Waals surface area contributed by atoms with Crippen molar-refractivity contribution in [3.8, 4) is 0 Å². The van der Waals surface area contributed by atoms with Gasteiger partial charge >= 0.3 is 0 Å². The first-order chi connectivity index (χ1) is 10.0. The van der Waals surface area contributed by atoms with Crippen molar-refractivity contribution in [1.29, 1.82) is 0 Å². The van der Waals surface area contributed by atoms with Crippen molar-refractivity contribution >= 4 is 23.2 Å². The molecule has 1 saturated carbocycles. The molecule has 2 rings (SSSR count). The van der Waals surface area contributed by atoms with E-state index in [1.54, 1.807) is 0 Å². The van der Waals surface area contributed by atoms with Crippen molar-refractivity contribution in [2.24, 2.45) is 5.92 Å². The number of nitrogens with one attached hydrogen (secondary N) is 1. The molecule has 0 heterocycles. The Balaban J connectivity index is 2.13. The van der Waals surface area contributed by atoms with Crippen LogP contribution in [0, 0.1) is 16.0 Å². The monoisotopic (exact) mass is 310 g/mol. The molecule has 1 aromatic carbocycles. The Morgan fingerprint density at radius 3 is 2.90 bits per heavy atom. The normalized spacial score (nSPS) is 21.8. The highest BCUT2D eigenvalue weighted by Gasteiger charge is 2.26. The molecule has 1 aliphatic carbocycles. The number of benzene rings is 1. The van der Waals surface area contributed by atoms with Crippen LogP contribution in [0.15, 0.2) is 18.2 Å². The second-order valence-electron chi connectivity index (χ2n) is 5.53. The SMILES string of the molecule is CCC1CCCC(NC(=O)c2cc(Cl)ccc2[N+](=O)[O-])C1. The van der Waals surface area contributed by atoms with Gasteiger partial charge in [-0.1, -0.05) is 37.8 Å². The van der Waals surface area contributed by atoms with Gasteiger partial charge in [-0.3, -0.25) is 14.9 Å². The van der Waals surface area contributed by atoms with Gasteiger partial charge in [0.2, 0.25) is 0 Å². The van der Waals surface area contributed by atoms with Gasteiger partial charge in [0.25, 0.3) is 11.6 Å². The number of nitro benzene ring substituents is 1. The van der Waals surface area contributed by atoms with E-state index < -0.39 is 10.8 Å². The maximum absolute atomic E-state index is 12.3. The first kappa shape index (κ1) is 15.8. The van der Waals surface area contributed by atoms with E-state index in [0.29, 0.717) is 10.9 Å². The molecule has 0 aromatic heterocycles. The summed E-state index contributed by atoms with van der Waals surface area (Å²) >= 11 is 5.85. The van der Waals surface area contributed by atoms with Crippen LogP contribution in [0.25, 0.3) is 0 Å². The van der Waals surface area contributed by atoms with Gasteiger partial charge in [0.1, 0.15) is 5.56 Å². The van der Waals surface area contributed by atoms with E-state index >= 15 is 0 Å². The number of rotatable bonds is 4. The van der Waals surface area contributed by atoms with Gasteiger partial charge in [-0.2, -0.15) is 0 Å². The van der Waals surface area contributed by atoms with E-state index in [0.717, 1.165) is 25.7 Å². The fourth-order valence-corrected chi connectivity index (χ4v) is 3.08. The van der Waals surface area contributed by atoms with Crippen LogP contribution in [-0.4, -0.2) is 16.9 Å². The Kier molecular flexibility index (Phi) is 5.17. The lowest BCUT2D eigenvalue weighted by molar-refractivity contribution is -0.385. The number of carbonyl (C=O) groups excluding carboxylic acids is 1. The summed E-state index contributed by atoms with van der Waals surface area (Å²) in [6, 6.07) is 4.14. The molecule has 114 valence electrons. The summed E-state index contributed by atoms with van der Waals surface area (Å²) in [6.07, 6.45) is 5.25. The Labute approximate surface area is 128 Å². The maximum Gasteiger partial charge on any atom is 0.282 e. The molecule has 0 spiro atoms. The largest absolute Gasteiger partial charge is 0.349 e. The maximum atomic E-state index is 12.3. The van der Waals surface area contributed by atoms with Gasteiger partial charge in [0, 0.05) is 17.1 Å². The molecule has 1 fully saturated rings. The number of hydrogen-bond donors (Lipinski definition) is 1. The molecule has 1 aliphatic rings. The topological polar surface area (TPSA) is 72.2 Å². The van der Waals surface area contributed by atoms with E-state index in [1.165, 1.54) is 24.6 Å². The van der Waals surface area contributed by atoms with Crippen LogP contribution in [0.2, 0.25) is 5.02 Å². The second-order valence-corrected chi connectivity index (χ2v) is 5.97. The summed E-state index contributed by atoms with van der Waals surface area (Å²) in [4.78, 5) is 22.8. The number of amides is 1. The highest BCUT2D eigenvalue weighted by atomic mass is 35.5. The Morgan fingerprint density at radius 1 is 1.48 bits per heavy atom. The van der Waals surface area contributed by atoms with Crippen molar-refractivity contribution in [2.45, 2.75) is 45.1 Å². The number of nitro groups is 1. The van der Waals surface area contributed by atoms with E-state index in [2.05, 4.69) is 12.2 Å². The second kappa shape index (κ2) is 6.89. The minimum Gasteiger partial charge on any atom is -0.349 e. The van der Waals surface area contributed by atoms with Gasteiger partial charge in [-0.25, -0.2) is 0 Å². The average molecular weight is 311 g/mol. The number of halogens is 1. The first-order valence-electron chi connectivity index (χ1n) is 7.26. The fourth-order valence-electron chi connectivity index (χ4n) is 2.91. The van der Waals surface area contributed by atoms with Crippen molar-refractivity contribution in [1.82, 2.24) is 5.32 Å². The Hall–Kier alpha value is -1.62. The highest BCUT2D eigenvalue weighted by Crippen LogP contribution is 2.28.